The van der Waals surface area contributed by atoms with E-state index in [0.717, 1.165) is 11.1 Å². The van der Waals surface area contributed by atoms with Gasteiger partial charge in [0.15, 0.2) is 0 Å². The van der Waals surface area contributed by atoms with E-state index >= 15 is 0 Å². The fourth-order valence-electron chi connectivity index (χ4n) is 1.63. The molecule has 0 bridgehead atoms. The zero-order valence-electron chi connectivity index (χ0n) is 9.51. The molecule has 0 saturated heterocycles. The van der Waals surface area contributed by atoms with Crippen LogP contribution in [0.5, 0.6) is 0 Å². The van der Waals surface area contributed by atoms with Crippen molar-refractivity contribution in [3.8, 4) is 0 Å². The molecule has 1 N–H and O–H groups in total. The third-order valence-corrected chi connectivity index (χ3v) is 2.61. The Bertz CT molecular complexity index is 476. The minimum absolute atomic E-state index is 0.638. The van der Waals surface area contributed by atoms with E-state index in [1.807, 2.05) is 50.2 Å². The Kier molecular flexibility index (Phi) is 3.02. The van der Waals surface area contributed by atoms with Crippen molar-refractivity contribution >= 4 is 0 Å². The van der Waals surface area contributed by atoms with Gasteiger partial charge >= 0.3 is 0 Å². The SMILES string of the molecule is Cc1ccc(C(O)c2cc(C)ccn2)cc1. The van der Waals surface area contributed by atoms with E-state index in [9.17, 15) is 5.11 Å². The lowest BCUT2D eigenvalue weighted by atomic mass is 10.0. The quantitative estimate of drug-likeness (QED) is 0.832. The average Bonchev–Trinajstić information content (AvgIpc) is 2.29. The molecule has 0 aliphatic carbocycles. The van der Waals surface area contributed by atoms with Gasteiger partial charge in [0.05, 0.1) is 5.69 Å². The molecule has 1 aromatic carbocycles. The monoisotopic (exact) mass is 213 g/mol. The van der Waals surface area contributed by atoms with Crippen LogP contribution in [0.2, 0.25) is 0 Å². The second-order valence-electron chi connectivity index (χ2n) is 4.07. The highest BCUT2D eigenvalue weighted by atomic mass is 16.3. The molecular formula is C14H15NO. The van der Waals surface area contributed by atoms with E-state index < -0.39 is 6.10 Å². The highest BCUT2D eigenvalue weighted by Gasteiger charge is 2.11. The molecule has 82 valence electrons. The van der Waals surface area contributed by atoms with E-state index in [1.165, 1.54) is 5.56 Å². The average molecular weight is 213 g/mol. The minimum Gasteiger partial charge on any atom is -0.382 e. The van der Waals surface area contributed by atoms with Crippen molar-refractivity contribution in [2.45, 2.75) is 20.0 Å². The first-order valence-corrected chi connectivity index (χ1v) is 5.34. The van der Waals surface area contributed by atoms with Gasteiger partial charge in [-0.1, -0.05) is 29.8 Å². The van der Waals surface area contributed by atoms with Crippen molar-refractivity contribution in [3.63, 3.8) is 0 Å². The molecule has 1 aromatic heterocycles. The summed E-state index contributed by atoms with van der Waals surface area (Å²) < 4.78 is 0. The van der Waals surface area contributed by atoms with Gasteiger partial charge < -0.3 is 5.11 Å². The normalized spacial score (nSPS) is 12.4. The van der Waals surface area contributed by atoms with Crippen molar-refractivity contribution in [3.05, 3.63) is 65.0 Å². The first kappa shape index (κ1) is 10.8. The molecular weight excluding hydrogens is 198 g/mol. The number of hydrogen-bond acceptors (Lipinski definition) is 2. The number of pyridine rings is 1. The van der Waals surface area contributed by atoms with Crippen molar-refractivity contribution in [1.82, 2.24) is 4.98 Å². The third kappa shape index (κ3) is 2.28. The van der Waals surface area contributed by atoms with Crippen LogP contribution in [0.25, 0.3) is 0 Å². The van der Waals surface area contributed by atoms with Crippen molar-refractivity contribution in [1.29, 1.82) is 0 Å². The summed E-state index contributed by atoms with van der Waals surface area (Å²) in [6, 6.07) is 11.7. The van der Waals surface area contributed by atoms with Crippen LogP contribution in [0.4, 0.5) is 0 Å². The van der Waals surface area contributed by atoms with Crippen molar-refractivity contribution < 1.29 is 5.11 Å². The van der Waals surface area contributed by atoms with E-state index in [2.05, 4.69) is 4.98 Å². The Morgan fingerprint density at radius 1 is 1.00 bits per heavy atom. The molecule has 1 unspecified atom stereocenters. The molecule has 2 rings (SSSR count). The molecule has 0 aliphatic heterocycles. The van der Waals surface area contributed by atoms with Crippen LogP contribution in [-0.2, 0) is 0 Å². The van der Waals surface area contributed by atoms with Crippen LogP contribution < -0.4 is 0 Å². The van der Waals surface area contributed by atoms with Crippen LogP contribution in [0, 0.1) is 13.8 Å². The molecule has 0 radical (unpaired) electrons. The molecule has 1 atom stereocenters. The van der Waals surface area contributed by atoms with E-state index in [0.29, 0.717) is 5.69 Å². The fraction of sp³-hybridized carbons (Fsp3) is 0.214. The topological polar surface area (TPSA) is 33.1 Å². The smallest absolute Gasteiger partial charge is 0.121 e. The summed E-state index contributed by atoms with van der Waals surface area (Å²) in [5.41, 5.74) is 3.87. The Balaban J connectivity index is 2.31. The van der Waals surface area contributed by atoms with Gasteiger partial charge in [0.1, 0.15) is 6.10 Å². The fourth-order valence-corrected chi connectivity index (χ4v) is 1.63. The number of hydrogen-bond donors (Lipinski definition) is 1. The van der Waals surface area contributed by atoms with E-state index in [-0.39, 0.29) is 0 Å². The number of aryl methyl sites for hydroxylation is 2. The van der Waals surface area contributed by atoms with Gasteiger partial charge in [-0.25, -0.2) is 0 Å². The van der Waals surface area contributed by atoms with Gasteiger partial charge in [0.25, 0.3) is 0 Å². The number of aliphatic hydroxyl groups excluding tert-OH is 1. The number of nitrogens with zero attached hydrogens (tertiary/aromatic N) is 1. The van der Waals surface area contributed by atoms with Crippen LogP contribution in [0.1, 0.15) is 28.5 Å². The van der Waals surface area contributed by atoms with Crippen LogP contribution in [0.15, 0.2) is 42.6 Å². The zero-order valence-corrected chi connectivity index (χ0v) is 9.51. The standard InChI is InChI=1S/C14H15NO/c1-10-3-5-12(6-4-10)14(16)13-9-11(2)7-8-15-13/h3-9,14,16H,1-2H3. The third-order valence-electron chi connectivity index (χ3n) is 2.61. The summed E-state index contributed by atoms with van der Waals surface area (Å²) in [6.07, 6.45) is 1.09. The number of benzene rings is 1. The molecule has 16 heavy (non-hydrogen) atoms. The lowest BCUT2D eigenvalue weighted by Gasteiger charge is -2.11. The van der Waals surface area contributed by atoms with Gasteiger partial charge in [-0.05, 0) is 37.1 Å². The van der Waals surface area contributed by atoms with Gasteiger partial charge in [-0.3, -0.25) is 4.98 Å². The lowest BCUT2D eigenvalue weighted by Crippen LogP contribution is -2.02. The van der Waals surface area contributed by atoms with Crippen LogP contribution in [-0.4, -0.2) is 10.1 Å². The first-order valence-electron chi connectivity index (χ1n) is 5.34. The molecule has 0 aliphatic rings. The van der Waals surface area contributed by atoms with Gasteiger partial charge in [0.2, 0.25) is 0 Å². The summed E-state index contributed by atoms with van der Waals surface area (Å²) in [5.74, 6) is 0. The molecule has 0 amide bonds. The molecule has 2 heteroatoms. The van der Waals surface area contributed by atoms with Crippen molar-refractivity contribution in [2.75, 3.05) is 0 Å². The molecule has 1 heterocycles. The summed E-state index contributed by atoms with van der Waals surface area (Å²) >= 11 is 0. The van der Waals surface area contributed by atoms with Crippen LogP contribution in [0.3, 0.4) is 0 Å². The van der Waals surface area contributed by atoms with E-state index in [1.54, 1.807) is 6.20 Å². The Hall–Kier alpha value is -1.67. The maximum Gasteiger partial charge on any atom is 0.121 e. The van der Waals surface area contributed by atoms with E-state index in [4.69, 9.17) is 0 Å². The summed E-state index contributed by atoms with van der Waals surface area (Å²) in [6.45, 7) is 4.02. The Morgan fingerprint density at radius 3 is 2.31 bits per heavy atom. The highest BCUT2D eigenvalue weighted by Crippen LogP contribution is 2.20. The predicted molar refractivity (Wildman–Crippen MR) is 64.2 cm³/mol. The summed E-state index contributed by atoms with van der Waals surface area (Å²) in [4.78, 5) is 4.19. The number of aromatic nitrogens is 1. The second-order valence-corrected chi connectivity index (χ2v) is 4.07. The molecule has 2 nitrogen and oxygen atoms in total. The lowest BCUT2D eigenvalue weighted by molar-refractivity contribution is 0.215. The molecule has 0 fully saturated rings. The minimum atomic E-state index is -0.638. The highest BCUT2D eigenvalue weighted by molar-refractivity contribution is 5.29. The summed E-state index contributed by atoms with van der Waals surface area (Å²) in [7, 11) is 0. The summed E-state index contributed by atoms with van der Waals surface area (Å²) in [5, 5.41) is 10.1. The predicted octanol–water partition coefficient (Wildman–Crippen LogP) is 2.78. The van der Waals surface area contributed by atoms with Crippen LogP contribution >= 0.6 is 0 Å². The Morgan fingerprint density at radius 2 is 1.69 bits per heavy atom. The number of aliphatic hydroxyl groups is 1. The molecule has 0 saturated carbocycles. The second kappa shape index (κ2) is 4.45. The van der Waals surface area contributed by atoms with Crippen molar-refractivity contribution in [2.24, 2.45) is 0 Å². The van der Waals surface area contributed by atoms with Gasteiger partial charge in [0, 0.05) is 6.20 Å². The van der Waals surface area contributed by atoms with Gasteiger partial charge in [-0.15, -0.1) is 0 Å². The zero-order chi connectivity index (χ0) is 11.5. The molecule has 0 spiro atoms. The maximum absolute atomic E-state index is 10.1. The molecule has 2 aromatic rings. The largest absolute Gasteiger partial charge is 0.382 e. The van der Waals surface area contributed by atoms with Gasteiger partial charge in [-0.2, -0.15) is 0 Å². The number of rotatable bonds is 2. The first-order chi connectivity index (χ1) is 7.66. The maximum atomic E-state index is 10.1. The Labute approximate surface area is 95.6 Å².